The lowest BCUT2D eigenvalue weighted by atomic mass is 10.1. The Bertz CT molecular complexity index is 202. The van der Waals surface area contributed by atoms with E-state index in [9.17, 15) is 4.79 Å². The third kappa shape index (κ3) is 2.25. The maximum Gasteiger partial charge on any atom is 0.320 e. The number of hydrogen-bond donors (Lipinski definition) is 1. The number of rotatable bonds is 5. The van der Waals surface area contributed by atoms with Gasteiger partial charge in [0.15, 0.2) is 0 Å². The van der Waals surface area contributed by atoms with Crippen molar-refractivity contribution >= 4 is 5.97 Å². The van der Waals surface area contributed by atoms with Gasteiger partial charge in [0.05, 0.1) is 0 Å². The molecule has 0 radical (unpaired) electrons. The highest BCUT2D eigenvalue weighted by Crippen LogP contribution is 2.16. The van der Waals surface area contributed by atoms with Crippen LogP contribution in [0.25, 0.3) is 0 Å². The van der Waals surface area contributed by atoms with E-state index in [-0.39, 0.29) is 6.04 Å². The van der Waals surface area contributed by atoms with Crippen LogP contribution in [0.15, 0.2) is 0 Å². The Hall–Kier alpha value is -0.610. The van der Waals surface area contributed by atoms with Gasteiger partial charge in [-0.15, -0.1) is 0 Å². The first-order valence-corrected chi connectivity index (χ1v) is 5.31. The molecule has 1 fully saturated rings. The zero-order valence-corrected chi connectivity index (χ0v) is 9.23. The molecule has 0 bridgehead atoms. The Labute approximate surface area is 85.5 Å². The zero-order chi connectivity index (χ0) is 10.7. The predicted octanol–water partition coefficient (Wildman–Crippen LogP) is 0.485. The first kappa shape index (κ1) is 11.5. The number of aliphatic carboxylic acids is 1. The van der Waals surface area contributed by atoms with Gasteiger partial charge in [0.25, 0.3) is 0 Å². The van der Waals surface area contributed by atoms with Gasteiger partial charge < -0.3 is 10.0 Å². The summed E-state index contributed by atoms with van der Waals surface area (Å²) >= 11 is 0. The molecule has 0 saturated carbocycles. The smallest absolute Gasteiger partial charge is 0.320 e. The topological polar surface area (TPSA) is 43.8 Å². The van der Waals surface area contributed by atoms with Crippen LogP contribution in [-0.4, -0.2) is 59.1 Å². The zero-order valence-electron chi connectivity index (χ0n) is 9.23. The van der Waals surface area contributed by atoms with Gasteiger partial charge in [0.1, 0.15) is 6.04 Å². The number of carbonyl (C=O) groups is 1. The number of likely N-dealkylation sites (N-methyl/N-ethyl adjacent to an activating group) is 2. The van der Waals surface area contributed by atoms with Crippen LogP contribution in [0.1, 0.15) is 20.8 Å². The number of carboxylic acid groups (broad SMARTS) is 1. The second-order valence-electron chi connectivity index (χ2n) is 3.85. The van der Waals surface area contributed by atoms with Crippen molar-refractivity contribution < 1.29 is 9.90 Å². The lowest BCUT2D eigenvalue weighted by Gasteiger charge is -2.46. The van der Waals surface area contributed by atoms with Gasteiger partial charge in [-0.05, 0) is 20.0 Å². The summed E-state index contributed by atoms with van der Waals surface area (Å²) in [6.45, 7) is 9.83. The van der Waals surface area contributed by atoms with E-state index in [1.165, 1.54) is 0 Å². The molecule has 1 N–H and O–H groups in total. The summed E-state index contributed by atoms with van der Waals surface area (Å²) in [4.78, 5) is 15.2. The summed E-state index contributed by atoms with van der Waals surface area (Å²) in [5.41, 5.74) is 0. The molecule has 0 aromatic carbocycles. The third-order valence-corrected chi connectivity index (χ3v) is 3.07. The molecule has 1 unspecified atom stereocenters. The van der Waals surface area contributed by atoms with Crippen molar-refractivity contribution in [2.45, 2.75) is 32.9 Å². The predicted molar refractivity (Wildman–Crippen MR) is 55.4 cm³/mol. The summed E-state index contributed by atoms with van der Waals surface area (Å²) in [6, 6.07) is 0.0788. The van der Waals surface area contributed by atoms with Crippen molar-refractivity contribution in [2.24, 2.45) is 0 Å². The maximum atomic E-state index is 10.8. The van der Waals surface area contributed by atoms with E-state index in [0.29, 0.717) is 6.04 Å². The maximum absolute atomic E-state index is 10.8. The van der Waals surface area contributed by atoms with Crippen LogP contribution < -0.4 is 0 Å². The Morgan fingerprint density at radius 3 is 2.50 bits per heavy atom. The molecule has 14 heavy (non-hydrogen) atoms. The lowest BCUT2D eigenvalue weighted by Crippen LogP contribution is -2.62. The van der Waals surface area contributed by atoms with Crippen molar-refractivity contribution in [2.75, 3.05) is 26.2 Å². The minimum absolute atomic E-state index is 0.357. The Kier molecular flexibility index (Phi) is 3.89. The molecule has 1 aliphatic rings. The molecule has 1 aliphatic heterocycles. The van der Waals surface area contributed by atoms with Gasteiger partial charge >= 0.3 is 5.97 Å². The highest BCUT2D eigenvalue weighted by Gasteiger charge is 2.34. The molecule has 0 amide bonds. The van der Waals surface area contributed by atoms with E-state index in [4.69, 9.17) is 5.11 Å². The fourth-order valence-electron chi connectivity index (χ4n) is 2.00. The number of likely N-dealkylation sites (tertiary alicyclic amines) is 1. The number of nitrogens with zero attached hydrogens (tertiary/aromatic N) is 2. The number of carboxylic acids is 1. The van der Waals surface area contributed by atoms with Crippen molar-refractivity contribution in [3.8, 4) is 0 Å². The summed E-state index contributed by atoms with van der Waals surface area (Å²) < 4.78 is 0. The Morgan fingerprint density at radius 1 is 1.57 bits per heavy atom. The van der Waals surface area contributed by atoms with Crippen molar-refractivity contribution in [1.29, 1.82) is 0 Å². The fourth-order valence-corrected chi connectivity index (χ4v) is 2.00. The third-order valence-electron chi connectivity index (χ3n) is 3.07. The molecule has 4 nitrogen and oxygen atoms in total. The minimum atomic E-state index is -0.721. The Morgan fingerprint density at radius 2 is 2.14 bits per heavy atom. The molecule has 1 atom stereocenters. The van der Waals surface area contributed by atoms with E-state index in [1.54, 1.807) is 6.92 Å². The van der Waals surface area contributed by atoms with Crippen LogP contribution in [0.4, 0.5) is 0 Å². The molecule has 82 valence electrons. The van der Waals surface area contributed by atoms with Gasteiger partial charge in [0, 0.05) is 19.1 Å². The van der Waals surface area contributed by atoms with E-state index in [1.807, 2.05) is 6.92 Å². The highest BCUT2D eigenvalue weighted by molar-refractivity contribution is 5.72. The van der Waals surface area contributed by atoms with Gasteiger partial charge in [-0.2, -0.15) is 0 Å². The molecule has 1 rings (SSSR count). The fraction of sp³-hybridized carbons (Fsp3) is 0.900. The summed E-state index contributed by atoms with van der Waals surface area (Å²) in [5.74, 6) is -0.721. The van der Waals surface area contributed by atoms with Crippen molar-refractivity contribution in [3.63, 3.8) is 0 Å². The Balaban J connectivity index is 2.44. The summed E-state index contributed by atoms with van der Waals surface area (Å²) in [5, 5.41) is 8.92. The van der Waals surface area contributed by atoms with Gasteiger partial charge in [-0.1, -0.05) is 13.8 Å². The van der Waals surface area contributed by atoms with Crippen LogP contribution in [0.5, 0.6) is 0 Å². The summed E-state index contributed by atoms with van der Waals surface area (Å²) in [6.07, 6.45) is 0. The molecule has 0 aliphatic carbocycles. The van der Waals surface area contributed by atoms with Gasteiger partial charge in [-0.3, -0.25) is 9.69 Å². The molecular formula is C10H20N2O2. The quantitative estimate of drug-likeness (QED) is 0.701. The van der Waals surface area contributed by atoms with Crippen LogP contribution in [0, 0.1) is 0 Å². The first-order valence-electron chi connectivity index (χ1n) is 5.31. The van der Waals surface area contributed by atoms with Crippen LogP contribution >= 0.6 is 0 Å². The standard InChI is InChI=1S/C10H20N2O2/c1-4-11-6-9(7-11)12(5-2)8(3)10(13)14/h8-9H,4-7H2,1-3H3,(H,13,14). The molecular weight excluding hydrogens is 180 g/mol. The summed E-state index contributed by atoms with van der Waals surface area (Å²) in [7, 11) is 0. The largest absolute Gasteiger partial charge is 0.480 e. The van der Waals surface area contributed by atoms with Crippen LogP contribution in [-0.2, 0) is 4.79 Å². The molecule has 0 spiro atoms. The minimum Gasteiger partial charge on any atom is -0.480 e. The first-order chi connectivity index (χ1) is 6.60. The van der Waals surface area contributed by atoms with Gasteiger partial charge in [0.2, 0.25) is 0 Å². The van der Waals surface area contributed by atoms with Crippen LogP contribution in [0.2, 0.25) is 0 Å². The normalized spacial score (nSPS) is 20.9. The van der Waals surface area contributed by atoms with Crippen molar-refractivity contribution in [1.82, 2.24) is 9.80 Å². The van der Waals surface area contributed by atoms with Gasteiger partial charge in [-0.25, -0.2) is 0 Å². The lowest BCUT2D eigenvalue weighted by molar-refractivity contribution is -0.145. The molecule has 1 heterocycles. The SMILES string of the molecule is CCN1CC(N(CC)C(C)C(=O)O)C1. The average Bonchev–Trinajstić information content (AvgIpc) is 2.09. The van der Waals surface area contributed by atoms with E-state index in [0.717, 1.165) is 26.2 Å². The molecule has 0 aromatic heterocycles. The monoisotopic (exact) mass is 200 g/mol. The second kappa shape index (κ2) is 4.75. The van der Waals surface area contributed by atoms with Crippen LogP contribution in [0.3, 0.4) is 0 Å². The highest BCUT2D eigenvalue weighted by atomic mass is 16.4. The molecule has 4 heteroatoms. The van der Waals surface area contributed by atoms with E-state index in [2.05, 4.69) is 16.7 Å². The molecule has 1 saturated heterocycles. The van der Waals surface area contributed by atoms with Crippen molar-refractivity contribution in [3.05, 3.63) is 0 Å². The second-order valence-corrected chi connectivity index (χ2v) is 3.85. The van der Waals surface area contributed by atoms with E-state index < -0.39 is 5.97 Å². The molecule has 0 aromatic rings. The van der Waals surface area contributed by atoms with E-state index >= 15 is 0 Å². The average molecular weight is 200 g/mol. The number of hydrogen-bond acceptors (Lipinski definition) is 3.